The first-order valence-corrected chi connectivity index (χ1v) is 11.9. The third kappa shape index (κ3) is 10.0. The average Bonchev–Trinajstić information content (AvgIpc) is 3.33. The largest absolute Gasteiger partial charge is 0.481 e. The van der Waals surface area contributed by atoms with Crippen molar-refractivity contribution in [1.29, 1.82) is 0 Å². The summed E-state index contributed by atoms with van der Waals surface area (Å²) in [6.07, 6.45) is 2.95. The van der Waals surface area contributed by atoms with Gasteiger partial charge in [-0.1, -0.05) is 20.3 Å². The van der Waals surface area contributed by atoms with Gasteiger partial charge < -0.3 is 37.2 Å². The third-order valence-electron chi connectivity index (χ3n) is 6.01. The first-order chi connectivity index (χ1) is 16.1. The van der Waals surface area contributed by atoms with Gasteiger partial charge in [0.1, 0.15) is 18.1 Å². The SMILES string of the molecule is CCC(C)C(NC(=O)C(CCCCN)NC(=O)C1CCCN1)C(=O)NC(CCC(=O)O)C(=O)O. The summed E-state index contributed by atoms with van der Waals surface area (Å²) < 4.78 is 0. The number of hydrogen-bond donors (Lipinski definition) is 7. The van der Waals surface area contributed by atoms with E-state index < -0.39 is 48.3 Å². The van der Waals surface area contributed by atoms with Gasteiger partial charge in [-0.3, -0.25) is 19.2 Å². The van der Waals surface area contributed by atoms with Crippen LogP contribution in [0.4, 0.5) is 0 Å². The molecular weight excluding hydrogens is 446 g/mol. The maximum absolute atomic E-state index is 13.1. The van der Waals surface area contributed by atoms with E-state index in [1.54, 1.807) is 6.92 Å². The van der Waals surface area contributed by atoms with Crippen LogP contribution in [0.3, 0.4) is 0 Å². The minimum Gasteiger partial charge on any atom is -0.481 e. The summed E-state index contributed by atoms with van der Waals surface area (Å²) in [5.41, 5.74) is 5.55. The molecule has 0 radical (unpaired) electrons. The molecular formula is C22H39N5O7. The second-order valence-electron chi connectivity index (χ2n) is 8.70. The maximum atomic E-state index is 13.1. The van der Waals surface area contributed by atoms with Crippen molar-refractivity contribution < 1.29 is 34.2 Å². The Bertz CT molecular complexity index is 712. The van der Waals surface area contributed by atoms with Gasteiger partial charge in [0.25, 0.3) is 0 Å². The number of nitrogens with two attached hydrogens (primary N) is 1. The Labute approximate surface area is 199 Å². The van der Waals surface area contributed by atoms with E-state index in [2.05, 4.69) is 21.3 Å². The Morgan fingerprint density at radius 1 is 1.00 bits per heavy atom. The van der Waals surface area contributed by atoms with Crippen LogP contribution >= 0.6 is 0 Å². The van der Waals surface area contributed by atoms with Gasteiger partial charge in [0.2, 0.25) is 17.7 Å². The van der Waals surface area contributed by atoms with E-state index in [-0.39, 0.29) is 24.3 Å². The number of carboxylic acids is 2. The van der Waals surface area contributed by atoms with Gasteiger partial charge in [-0.05, 0) is 57.5 Å². The normalized spacial score (nSPS) is 18.9. The van der Waals surface area contributed by atoms with E-state index in [0.29, 0.717) is 38.6 Å². The molecule has 1 rings (SSSR count). The smallest absolute Gasteiger partial charge is 0.326 e. The molecule has 0 aliphatic carbocycles. The van der Waals surface area contributed by atoms with Gasteiger partial charge in [0, 0.05) is 6.42 Å². The summed E-state index contributed by atoms with van der Waals surface area (Å²) in [4.78, 5) is 60.9. The standard InChI is InChI=1S/C22H39N5O7/c1-3-13(2)18(21(32)26-16(22(33)34)9-10-17(28)29)27-20(31)15(7-4-5-11-23)25-19(30)14-8-6-12-24-14/h13-16,18,24H,3-12,23H2,1-2H3,(H,25,30)(H,26,32)(H,27,31)(H,28,29)(H,33,34). The van der Waals surface area contributed by atoms with Crippen LogP contribution in [-0.2, 0) is 24.0 Å². The fourth-order valence-corrected chi connectivity index (χ4v) is 3.68. The lowest BCUT2D eigenvalue weighted by atomic mass is 9.96. The topological polar surface area (TPSA) is 200 Å². The molecule has 0 aromatic carbocycles. The van der Waals surface area contributed by atoms with Crippen molar-refractivity contribution in [1.82, 2.24) is 21.3 Å². The summed E-state index contributed by atoms with van der Waals surface area (Å²) >= 11 is 0. The highest BCUT2D eigenvalue weighted by Crippen LogP contribution is 2.12. The molecule has 12 nitrogen and oxygen atoms in total. The van der Waals surface area contributed by atoms with Crippen molar-refractivity contribution in [2.24, 2.45) is 11.7 Å². The highest BCUT2D eigenvalue weighted by molar-refractivity contribution is 5.94. The molecule has 3 amide bonds. The monoisotopic (exact) mass is 485 g/mol. The summed E-state index contributed by atoms with van der Waals surface area (Å²) in [5.74, 6) is -4.42. The molecule has 8 N–H and O–H groups in total. The van der Waals surface area contributed by atoms with E-state index in [1.807, 2.05) is 6.92 Å². The van der Waals surface area contributed by atoms with Gasteiger partial charge in [0.05, 0.1) is 6.04 Å². The Morgan fingerprint density at radius 2 is 1.71 bits per heavy atom. The molecule has 0 spiro atoms. The van der Waals surface area contributed by atoms with E-state index >= 15 is 0 Å². The fourth-order valence-electron chi connectivity index (χ4n) is 3.68. The van der Waals surface area contributed by atoms with Crippen LogP contribution in [0.2, 0.25) is 0 Å². The highest BCUT2D eigenvalue weighted by Gasteiger charge is 2.33. The van der Waals surface area contributed by atoms with E-state index in [9.17, 15) is 29.1 Å². The molecule has 0 saturated carbocycles. The van der Waals surface area contributed by atoms with Crippen LogP contribution in [-0.4, -0.2) is 77.1 Å². The van der Waals surface area contributed by atoms with Gasteiger partial charge in [-0.25, -0.2) is 4.79 Å². The Morgan fingerprint density at radius 3 is 2.24 bits per heavy atom. The number of nitrogens with one attached hydrogen (secondary N) is 4. The van der Waals surface area contributed by atoms with Crippen LogP contribution in [0.1, 0.15) is 65.2 Å². The van der Waals surface area contributed by atoms with Crippen molar-refractivity contribution in [3.63, 3.8) is 0 Å². The van der Waals surface area contributed by atoms with Crippen LogP contribution < -0.4 is 27.0 Å². The first kappa shape index (κ1) is 29.3. The van der Waals surface area contributed by atoms with E-state index in [1.165, 1.54) is 0 Å². The molecule has 1 aliphatic rings. The molecule has 1 heterocycles. The van der Waals surface area contributed by atoms with Gasteiger partial charge in [0.15, 0.2) is 0 Å². The maximum Gasteiger partial charge on any atom is 0.326 e. The molecule has 1 aliphatic heterocycles. The highest BCUT2D eigenvalue weighted by atomic mass is 16.4. The predicted molar refractivity (Wildman–Crippen MR) is 124 cm³/mol. The number of hydrogen-bond acceptors (Lipinski definition) is 7. The van der Waals surface area contributed by atoms with Crippen molar-refractivity contribution >= 4 is 29.7 Å². The number of aliphatic carboxylic acids is 2. The van der Waals surface area contributed by atoms with E-state index in [4.69, 9.17) is 10.8 Å². The third-order valence-corrected chi connectivity index (χ3v) is 6.01. The van der Waals surface area contributed by atoms with Gasteiger partial charge in [-0.2, -0.15) is 0 Å². The van der Waals surface area contributed by atoms with Crippen molar-refractivity contribution in [2.45, 2.75) is 89.4 Å². The van der Waals surface area contributed by atoms with Gasteiger partial charge in [-0.15, -0.1) is 0 Å². The molecule has 5 unspecified atom stereocenters. The number of carbonyl (C=O) groups excluding carboxylic acids is 3. The second-order valence-corrected chi connectivity index (χ2v) is 8.70. The molecule has 1 fully saturated rings. The molecule has 34 heavy (non-hydrogen) atoms. The molecule has 0 aromatic rings. The van der Waals surface area contributed by atoms with E-state index in [0.717, 1.165) is 13.0 Å². The van der Waals surface area contributed by atoms with Crippen LogP contribution in [0.25, 0.3) is 0 Å². The summed E-state index contributed by atoms with van der Waals surface area (Å²) in [6, 6.07) is -3.70. The Hall–Kier alpha value is -2.73. The lowest BCUT2D eigenvalue weighted by molar-refractivity contribution is -0.143. The molecule has 194 valence electrons. The number of unbranched alkanes of at least 4 members (excludes halogenated alkanes) is 1. The van der Waals surface area contributed by atoms with Crippen LogP contribution in [0, 0.1) is 5.92 Å². The predicted octanol–water partition coefficient (Wildman–Crippen LogP) is -0.683. The summed E-state index contributed by atoms with van der Waals surface area (Å²) in [5, 5.41) is 29.0. The molecule has 1 saturated heterocycles. The van der Waals surface area contributed by atoms with Crippen LogP contribution in [0.15, 0.2) is 0 Å². The van der Waals surface area contributed by atoms with Gasteiger partial charge >= 0.3 is 11.9 Å². The zero-order valence-electron chi connectivity index (χ0n) is 20.0. The second kappa shape index (κ2) is 15.2. The quantitative estimate of drug-likeness (QED) is 0.138. The minimum absolute atomic E-state index is 0.283. The number of carboxylic acid groups (broad SMARTS) is 2. The summed E-state index contributed by atoms with van der Waals surface area (Å²) in [7, 11) is 0. The number of rotatable bonds is 16. The zero-order chi connectivity index (χ0) is 25.7. The Kier molecular flexibility index (Phi) is 13.1. The average molecular weight is 486 g/mol. The first-order valence-electron chi connectivity index (χ1n) is 11.9. The fraction of sp³-hybridized carbons (Fsp3) is 0.773. The van der Waals surface area contributed by atoms with Crippen molar-refractivity contribution in [3.8, 4) is 0 Å². The van der Waals surface area contributed by atoms with Crippen LogP contribution in [0.5, 0.6) is 0 Å². The lowest BCUT2D eigenvalue weighted by Gasteiger charge is -2.28. The minimum atomic E-state index is -1.40. The zero-order valence-corrected chi connectivity index (χ0v) is 20.0. The molecule has 0 aromatic heterocycles. The molecule has 12 heteroatoms. The molecule has 0 bridgehead atoms. The number of amides is 3. The van der Waals surface area contributed by atoms with Crippen molar-refractivity contribution in [3.05, 3.63) is 0 Å². The lowest BCUT2D eigenvalue weighted by Crippen LogP contribution is -2.58. The molecule has 5 atom stereocenters. The number of carbonyl (C=O) groups is 5. The Balaban J connectivity index is 2.93. The summed E-state index contributed by atoms with van der Waals surface area (Å²) in [6.45, 7) is 4.73. The van der Waals surface area contributed by atoms with Crippen molar-refractivity contribution in [2.75, 3.05) is 13.1 Å².